The van der Waals surface area contributed by atoms with Crippen molar-refractivity contribution in [2.24, 2.45) is 0 Å². The van der Waals surface area contributed by atoms with Gasteiger partial charge in [0.15, 0.2) is 0 Å². The average molecular weight is 415 g/mol. The summed E-state index contributed by atoms with van der Waals surface area (Å²) in [7, 11) is 1.44. The molecule has 150 valence electrons. The van der Waals surface area contributed by atoms with Crippen molar-refractivity contribution in [3.05, 3.63) is 89.4 Å². The van der Waals surface area contributed by atoms with E-state index < -0.39 is 12.1 Å². The van der Waals surface area contributed by atoms with Crippen molar-refractivity contribution in [3.8, 4) is 17.2 Å². The van der Waals surface area contributed by atoms with Crippen molar-refractivity contribution in [1.29, 1.82) is 0 Å². The SMILES string of the molecule is COC(Cc1cc(Cl)ccc1OC(=O)O)(Oc1ccccc1)Oc1ccccc1. The van der Waals surface area contributed by atoms with E-state index in [2.05, 4.69) is 0 Å². The summed E-state index contributed by atoms with van der Waals surface area (Å²) >= 11 is 6.12. The number of carboxylic acid groups (broad SMARTS) is 1. The summed E-state index contributed by atoms with van der Waals surface area (Å²) in [5, 5.41) is 9.44. The van der Waals surface area contributed by atoms with E-state index in [4.69, 9.17) is 35.7 Å². The van der Waals surface area contributed by atoms with Crippen LogP contribution in [0.25, 0.3) is 0 Å². The first-order valence-electron chi connectivity index (χ1n) is 8.72. The van der Waals surface area contributed by atoms with Crippen molar-refractivity contribution in [3.63, 3.8) is 0 Å². The fourth-order valence-corrected chi connectivity index (χ4v) is 2.89. The highest BCUT2D eigenvalue weighted by Crippen LogP contribution is 2.32. The quantitative estimate of drug-likeness (QED) is 0.302. The highest BCUT2D eigenvalue weighted by atomic mass is 35.5. The lowest BCUT2D eigenvalue weighted by atomic mass is 10.1. The molecule has 0 heterocycles. The number of halogens is 1. The Bertz CT molecular complexity index is 905. The zero-order chi connectivity index (χ0) is 20.7. The van der Waals surface area contributed by atoms with Crippen LogP contribution in [0, 0.1) is 0 Å². The first-order valence-corrected chi connectivity index (χ1v) is 9.10. The van der Waals surface area contributed by atoms with Crippen LogP contribution in [-0.2, 0) is 11.2 Å². The molecular formula is C22H19ClO6. The third kappa shape index (κ3) is 5.63. The van der Waals surface area contributed by atoms with Crippen LogP contribution in [0.2, 0.25) is 5.02 Å². The second-order valence-electron chi connectivity index (χ2n) is 6.01. The van der Waals surface area contributed by atoms with Crippen molar-refractivity contribution >= 4 is 17.8 Å². The number of benzene rings is 3. The minimum Gasteiger partial charge on any atom is -0.449 e. The van der Waals surface area contributed by atoms with Crippen molar-refractivity contribution in [2.75, 3.05) is 7.11 Å². The lowest BCUT2D eigenvalue weighted by molar-refractivity contribution is -0.287. The first-order chi connectivity index (χ1) is 14.0. The topological polar surface area (TPSA) is 74.2 Å². The zero-order valence-corrected chi connectivity index (χ0v) is 16.3. The van der Waals surface area contributed by atoms with E-state index in [1.165, 1.54) is 19.2 Å². The van der Waals surface area contributed by atoms with Crippen LogP contribution in [0.15, 0.2) is 78.9 Å². The fourth-order valence-electron chi connectivity index (χ4n) is 2.70. The average Bonchev–Trinajstić information content (AvgIpc) is 2.71. The molecular weight excluding hydrogens is 396 g/mol. The molecule has 0 saturated heterocycles. The zero-order valence-electron chi connectivity index (χ0n) is 15.6. The molecule has 0 fully saturated rings. The standard InChI is InChI=1S/C22H19ClO6/c1-26-22(28-18-8-4-2-5-9-18,29-19-10-6-3-7-11-19)15-16-14-17(23)12-13-20(16)27-21(24)25/h2-14H,15H2,1H3,(H,24,25). The van der Waals surface area contributed by atoms with Gasteiger partial charge in [-0.15, -0.1) is 0 Å². The molecule has 0 aliphatic carbocycles. The molecule has 0 saturated carbocycles. The molecule has 0 amide bonds. The number of carbonyl (C=O) groups is 1. The van der Waals surface area contributed by atoms with Crippen LogP contribution in [-0.4, -0.2) is 24.3 Å². The van der Waals surface area contributed by atoms with Crippen molar-refractivity contribution in [1.82, 2.24) is 0 Å². The highest BCUT2D eigenvalue weighted by Gasteiger charge is 2.37. The molecule has 0 aliphatic heterocycles. The normalized spacial score (nSPS) is 11.0. The van der Waals surface area contributed by atoms with E-state index in [0.717, 1.165) is 0 Å². The Morgan fingerprint density at radius 2 is 1.48 bits per heavy atom. The molecule has 0 aromatic heterocycles. The first kappa shape index (κ1) is 20.5. The largest absolute Gasteiger partial charge is 0.511 e. The van der Waals surface area contributed by atoms with E-state index in [9.17, 15) is 4.79 Å². The van der Waals surface area contributed by atoms with Crippen LogP contribution in [0.4, 0.5) is 4.79 Å². The molecule has 0 atom stereocenters. The number of rotatable bonds is 8. The van der Waals surface area contributed by atoms with Gasteiger partial charge in [-0.3, -0.25) is 0 Å². The summed E-state index contributed by atoms with van der Waals surface area (Å²) in [5.41, 5.74) is 0.439. The van der Waals surface area contributed by atoms with Crippen molar-refractivity contribution < 1.29 is 28.8 Å². The maximum Gasteiger partial charge on any atom is 0.511 e. The van der Waals surface area contributed by atoms with Gasteiger partial charge >= 0.3 is 12.1 Å². The van der Waals surface area contributed by atoms with Gasteiger partial charge in [0.25, 0.3) is 0 Å². The third-order valence-electron chi connectivity index (χ3n) is 3.97. The Labute approximate surface area is 173 Å². The third-order valence-corrected chi connectivity index (χ3v) is 4.21. The van der Waals surface area contributed by atoms with E-state index in [1.54, 1.807) is 30.3 Å². The minimum atomic E-state index is -1.61. The number of hydrogen-bond acceptors (Lipinski definition) is 5. The molecule has 3 aromatic rings. The molecule has 0 unspecified atom stereocenters. The molecule has 3 aromatic carbocycles. The lowest BCUT2D eigenvalue weighted by Crippen LogP contribution is -2.46. The van der Waals surface area contributed by atoms with Crippen LogP contribution in [0.3, 0.4) is 0 Å². The molecule has 1 N–H and O–H groups in total. The molecule has 7 heteroatoms. The monoisotopic (exact) mass is 414 g/mol. The Hall–Kier alpha value is -3.22. The van der Waals surface area contributed by atoms with E-state index in [-0.39, 0.29) is 12.2 Å². The predicted molar refractivity (Wildman–Crippen MR) is 108 cm³/mol. The number of methoxy groups -OCH3 is 1. The van der Waals surface area contributed by atoms with Gasteiger partial charge < -0.3 is 24.1 Å². The number of hydrogen-bond donors (Lipinski definition) is 1. The second-order valence-corrected chi connectivity index (χ2v) is 6.45. The molecule has 0 radical (unpaired) electrons. The Morgan fingerprint density at radius 1 is 0.931 bits per heavy atom. The van der Waals surface area contributed by atoms with E-state index >= 15 is 0 Å². The fraction of sp³-hybridized carbons (Fsp3) is 0.136. The van der Waals surface area contributed by atoms with Crippen molar-refractivity contribution in [2.45, 2.75) is 12.4 Å². The number of ether oxygens (including phenoxy) is 4. The summed E-state index contributed by atoms with van der Waals surface area (Å²) in [6, 6.07) is 22.6. The predicted octanol–water partition coefficient (Wildman–Crippen LogP) is 5.40. The summed E-state index contributed by atoms with van der Waals surface area (Å²) in [4.78, 5) is 11.1. The summed E-state index contributed by atoms with van der Waals surface area (Å²) in [6.07, 6.45) is -1.44. The molecule has 29 heavy (non-hydrogen) atoms. The van der Waals surface area contributed by atoms with E-state index in [1.807, 2.05) is 36.4 Å². The van der Waals surface area contributed by atoms with Crippen LogP contribution in [0.1, 0.15) is 5.56 Å². The van der Waals surface area contributed by atoms with Gasteiger partial charge in [0.1, 0.15) is 17.2 Å². The van der Waals surface area contributed by atoms with Gasteiger partial charge in [-0.2, -0.15) is 0 Å². The van der Waals surface area contributed by atoms with Crippen LogP contribution in [0.5, 0.6) is 17.2 Å². The van der Waals surface area contributed by atoms with Gasteiger partial charge in [0.2, 0.25) is 0 Å². The minimum absolute atomic E-state index is 0.00351. The highest BCUT2D eigenvalue weighted by molar-refractivity contribution is 6.30. The van der Waals surface area contributed by atoms with Gasteiger partial charge in [0, 0.05) is 17.7 Å². The maximum absolute atomic E-state index is 11.1. The number of para-hydroxylation sites is 2. The van der Waals surface area contributed by atoms with Gasteiger partial charge in [-0.05, 0) is 42.5 Å². The van der Waals surface area contributed by atoms with Gasteiger partial charge in [-0.25, -0.2) is 4.79 Å². The molecule has 6 nitrogen and oxygen atoms in total. The Kier molecular flexibility index (Phi) is 6.59. The van der Waals surface area contributed by atoms with Gasteiger partial charge in [-0.1, -0.05) is 48.0 Å². The molecule has 0 bridgehead atoms. The summed E-state index contributed by atoms with van der Waals surface area (Å²) in [6.45, 7) is 0. The lowest BCUT2D eigenvalue weighted by Gasteiger charge is -2.33. The smallest absolute Gasteiger partial charge is 0.449 e. The van der Waals surface area contributed by atoms with Gasteiger partial charge in [0.05, 0.1) is 6.42 Å². The molecule has 0 aliphatic rings. The molecule has 0 spiro atoms. The Morgan fingerprint density at radius 3 is 1.97 bits per heavy atom. The summed E-state index contributed by atoms with van der Waals surface area (Å²) < 4.78 is 22.7. The molecule has 3 rings (SSSR count). The maximum atomic E-state index is 11.1. The second kappa shape index (κ2) is 9.32. The van der Waals surface area contributed by atoms with Crippen LogP contribution >= 0.6 is 11.6 Å². The Balaban J connectivity index is 2.00. The van der Waals surface area contributed by atoms with E-state index in [0.29, 0.717) is 22.1 Å². The van der Waals surface area contributed by atoms with Crippen LogP contribution < -0.4 is 14.2 Å². The summed E-state index contributed by atoms with van der Waals surface area (Å²) in [5.74, 6) is -0.484.